The van der Waals surface area contributed by atoms with E-state index in [2.05, 4.69) is 29.0 Å². The first-order valence-electron chi connectivity index (χ1n) is 5.38. The average molecular weight is 252 g/mol. The van der Waals surface area contributed by atoms with Crippen molar-refractivity contribution in [2.45, 2.75) is 19.8 Å². The smallest absolute Gasteiger partial charge is 0.184 e. The molecule has 2 aromatic rings. The van der Waals surface area contributed by atoms with Gasteiger partial charge in [0.05, 0.1) is 12.7 Å². The maximum absolute atomic E-state index is 5.91. The molecule has 0 saturated carbocycles. The van der Waals surface area contributed by atoms with Crippen molar-refractivity contribution < 1.29 is 4.74 Å². The molecular weight excluding hydrogens is 238 g/mol. The first-order valence-corrected chi connectivity index (χ1v) is 5.76. The van der Waals surface area contributed by atoms with Crippen LogP contribution in [0.4, 0.5) is 0 Å². The summed E-state index contributed by atoms with van der Waals surface area (Å²) in [6, 6.07) is 5.40. The van der Waals surface area contributed by atoms with Crippen LogP contribution < -0.4 is 4.74 Å². The fourth-order valence-electron chi connectivity index (χ4n) is 1.50. The Morgan fingerprint density at radius 3 is 2.71 bits per heavy atom. The summed E-state index contributed by atoms with van der Waals surface area (Å²) in [5, 5.41) is 7.74. The van der Waals surface area contributed by atoms with E-state index in [1.165, 1.54) is 0 Å². The van der Waals surface area contributed by atoms with Crippen molar-refractivity contribution in [3.8, 4) is 17.1 Å². The van der Waals surface area contributed by atoms with Gasteiger partial charge in [0.25, 0.3) is 0 Å². The molecule has 0 bridgehead atoms. The van der Waals surface area contributed by atoms with Crippen molar-refractivity contribution in [1.29, 1.82) is 0 Å². The van der Waals surface area contributed by atoms with Gasteiger partial charge in [0, 0.05) is 10.9 Å². The van der Waals surface area contributed by atoms with E-state index in [0.717, 1.165) is 11.4 Å². The zero-order valence-electron chi connectivity index (χ0n) is 9.99. The second-order valence-corrected chi connectivity index (χ2v) is 4.48. The Morgan fingerprint density at radius 2 is 2.12 bits per heavy atom. The summed E-state index contributed by atoms with van der Waals surface area (Å²) >= 11 is 5.91. The summed E-state index contributed by atoms with van der Waals surface area (Å²) in [7, 11) is 1.60. The van der Waals surface area contributed by atoms with E-state index in [0.29, 0.717) is 22.5 Å². The van der Waals surface area contributed by atoms with Crippen molar-refractivity contribution in [1.82, 2.24) is 15.2 Å². The molecule has 0 saturated heterocycles. The van der Waals surface area contributed by atoms with Crippen LogP contribution >= 0.6 is 11.6 Å². The summed E-state index contributed by atoms with van der Waals surface area (Å²) in [5.74, 6) is 2.47. The number of hydrogen-bond donors (Lipinski definition) is 1. The van der Waals surface area contributed by atoms with Crippen LogP contribution in [-0.4, -0.2) is 22.3 Å². The molecule has 1 aromatic heterocycles. The SMILES string of the molecule is COc1cc(Cl)ccc1-c1n[nH]c(C(C)C)n1. The highest BCUT2D eigenvalue weighted by Crippen LogP contribution is 2.30. The van der Waals surface area contributed by atoms with Gasteiger partial charge < -0.3 is 4.74 Å². The summed E-state index contributed by atoms with van der Waals surface area (Å²) in [6.07, 6.45) is 0. The second-order valence-electron chi connectivity index (χ2n) is 4.04. The van der Waals surface area contributed by atoms with E-state index < -0.39 is 0 Å². The van der Waals surface area contributed by atoms with Gasteiger partial charge in [-0.05, 0) is 18.2 Å². The first kappa shape index (κ1) is 11.9. The van der Waals surface area contributed by atoms with Crippen LogP contribution in [0, 0.1) is 0 Å². The van der Waals surface area contributed by atoms with Crippen molar-refractivity contribution in [2.75, 3.05) is 7.11 Å². The molecule has 1 aromatic carbocycles. The predicted octanol–water partition coefficient (Wildman–Crippen LogP) is 3.26. The first-order chi connectivity index (χ1) is 8.11. The van der Waals surface area contributed by atoms with Crippen LogP contribution in [0.5, 0.6) is 5.75 Å². The lowest BCUT2D eigenvalue weighted by Crippen LogP contribution is -1.91. The number of ether oxygens (including phenoxy) is 1. The minimum atomic E-state index is 0.314. The number of rotatable bonds is 3. The molecule has 0 aliphatic carbocycles. The molecule has 0 amide bonds. The fourth-order valence-corrected chi connectivity index (χ4v) is 1.66. The Bertz CT molecular complexity index is 522. The number of halogens is 1. The Balaban J connectivity index is 2.44. The molecule has 0 aliphatic rings. The topological polar surface area (TPSA) is 50.8 Å². The minimum absolute atomic E-state index is 0.314. The number of benzene rings is 1. The number of aromatic amines is 1. The number of nitrogens with one attached hydrogen (secondary N) is 1. The van der Waals surface area contributed by atoms with Crippen LogP contribution in [0.3, 0.4) is 0 Å². The summed E-state index contributed by atoms with van der Waals surface area (Å²) in [6.45, 7) is 4.12. The molecule has 0 unspecified atom stereocenters. The molecule has 17 heavy (non-hydrogen) atoms. The molecule has 0 spiro atoms. The van der Waals surface area contributed by atoms with Gasteiger partial charge in [-0.1, -0.05) is 25.4 Å². The van der Waals surface area contributed by atoms with Gasteiger partial charge in [-0.3, -0.25) is 5.10 Å². The summed E-state index contributed by atoms with van der Waals surface area (Å²) in [4.78, 5) is 4.43. The van der Waals surface area contributed by atoms with E-state index in [1.807, 2.05) is 6.07 Å². The van der Waals surface area contributed by atoms with Crippen LogP contribution in [0.2, 0.25) is 5.02 Å². The number of methoxy groups -OCH3 is 1. The Morgan fingerprint density at radius 1 is 1.35 bits per heavy atom. The van der Waals surface area contributed by atoms with E-state index in [1.54, 1.807) is 19.2 Å². The molecular formula is C12H14ClN3O. The Hall–Kier alpha value is -1.55. The van der Waals surface area contributed by atoms with Gasteiger partial charge in [-0.15, -0.1) is 0 Å². The third kappa shape index (κ3) is 2.42. The third-order valence-electron chi connectivity index (χ3n) is 2.45. The number of nitrogens with zero attached hydrogens (tertiary/aromatic N) is 2. The highest BCUT2D eigenvalue weighted by molar-refractivity contribution is 6.30. The molecule has 1 heterocycles. The number of hydrogen-bond acceptors (Lipinski definition) is 3. The maximum Gasteiger partial charge on any atom is 0.184 e. The van der Waals surface area contributed by atoms with Gasteiger partial charge in [0.1, 0.15) is 11.6 Å². The van der Waals surface area contributed by atoms with Crippen molar-refractivity contribution in [2.24, 2.45) is 0 Å². The molecule has 0 radical (unpaired) electrons. The molecule has 5 heteroatoms. The lowest BCUT2D eigenvalue weighted by atomic mass is 10.2. The van der Waals surface area contributed by atoms with Crippen LogP contribution in [-0.2, 0) is 0 Å². The van der Waals surface area contributed by atoms with Crippen LogP contribution in [0.25, 0.3) is 11.4 Å². The molecule has 0 fully saturated rings. The Labute approximate surface area is 105 Å². The second kappa shape index (κ2) is 4.75. The highest BCUT2D eigenvalue weighted by Gasteiger charge is 2.13. The lowest BCUT2D eigenvalue weighted by Gasteiger charge is -2.05. The molecule has 1 N–H and O–H groups in total. The zero-order chi connectivity index (χ0) is 12.4. The van der Waals surface area contributed by atoms with Crippen LogP contribution in [0.1, 0.15) is 25.6 Å². The Kier molecular flexibility index (Phi) is 3.33. The summed E-state index contributed by atoms with van der Waals surface area (Å²) in [5.41, 5.74) is 0.833. The van der Waals surface area contributed by atoms with Crippen molar-refractivity contribution in [3.63, 3.8) is 0 Å². The van der Waals surface area contributed by atoms with E-state index in [9.17, 15) is 0 Å². The van der Waals surface area contributed by atoms with Crippen LogP contribution in [0.15, 0.2) is 18.2 Å². The molecule has 0 atom stereocenters. The average Bonchev–Trinajstić information content (AvgIpc) is 2.78. The lowest BCUT2D eigenvalue weighted by molar-refractivity contribution is 0.416. The molecule has 2 rings (SSSR count). The van der Waals surface area contributed by atoms with Crippen molar-refractivity contribution >= 4 is 11.6 Å². The van der Waals surface area contributed by atoms with E-state index >= 15 is 0 Å². The molecule has 90 valence electrons. The zero-order valence-corrected chi connectivity index (χ0v) is 10.7. The monoisotopic (exact) mass is 251 g/mol. The quantitative estimate of drug-likeness (QED) is 0.911. The van der Waals surface area contributed by atoms with Gasteiger partial charge in [-0.2, -0.15) is 5.10 Å². The molecule has 0 aliphatic heterocycles. The van der Waals surface area contributed by atoms with E-state index in [-0.39, 0.29) is 0 Å². The standard InChI is InChI=1S/C12H14ClN3O/c1-7(2)11-14-12(16-15-11)9-5-4-8(13)6-10(9)17-3/h4-7H,1-3H3,(H,14,15,16). The number of aromatic nitrogens is 3. The number of H-pyrrole nitrogens is 1. The maximum atomic E-state index is 5.91. The van der Waals surface area contributed by atoms with Gasteiger partial charge in [-0.25, -0.2) is 4.98 Å². The normalized spacial score (nSPS) is 10.9. The van der Waals surface area contributed by atoms with Gasteiger partial charge in [0.2, 0.25) is 0 Å². The van der Waals surface area contributed by atoms with Gasteiger partial charge >= 0.3 is 0 Å². The minimum Gasteiger partial charge on any atom is -0.496 e. The largest absolute Gasteiger partial charge is 0.496 e. The van der Waals surface area contributed by atoms with Gasteiger partial charge in [0.15, 0.2) is 5.82 Å². The highest BCUT2D eigenvalue weighted by atomic mass is 35.5. The molecule has 4 nitrogen and oxygen atoms in total. The summed E-state index contributed by atoms with van der Waals surface area (Å²) < 4.78 is 5.27. The third-order valence-corrected chi connectivity index (χ3v) is 2.69. The predicted molar refractivity (Wildman–Crippen MR) is 67.5 cm³/mol. The van der Waals surface area contributed by atoms with Crippen molar-refractivity contribution in [3.05, 3.63) is 29.0 Å². The fraction of sp³-hybridized carbons (Fsp3) is 0.333. The van der Waals surface area contributed by atoms with E-state index in [4.69, 9.17) is 16.3 Å².